The molecule has 0 radical (unpaired) electrons. The highest BCUT2D eigenvalue weighted by Crippen LogP contribution is 2.33. The number of rotatable bonds is 4. The predicted octanol–water partition coefficient (Wildman–Crippen LogP) is 4.17. The van der Waals surface area contributed by atoms with E-state index in [4.69, 9.17) is 4.52 Å². The van der Waals surface area contributed by atoms with E-state index in [0.29, 0.717) is 11.5 Å². The molecule has 0 aliphatic heterocycles. The van der Waals surface area contributed by atoms with Gasteiger partial charge in [-0.25, -0.2) is 4.68 Å². The quantitative estimate of drug-likeness (QED) is 0.496. The third kappa shape index (κ3) is 4.38. The van der Waals surface area contributed by atoms with E-state index in [1.165, 1.54) is 25.1 Å². The fourth-order valence-corrected chi connectivity index (χ4v) is 3.22. The van der Waals surface area contributed by atoms with Crippen LogP contribution >= 0.6 is 0 Å². The van der Waals surface area contributed by atoms with Gasteiger partial charge in [0.1, 0.15) is 0 Å². The number of hydrogen-bond donors (Lipinski definition) is 1. The second-order valence-corrected chi connectivity index (χ2v) is 7.06. The van der Waals surface area contributed by atoms with Crippen molar-refractivity contribution in [2.45, 2.75) is 20.0 Å². The fraction of sp³-hybridized carbons (Fsp3) is 0.136. The van der Waals surface area contributed by atoms with E-state index >= 15 is 0 Å². The molecule has 11 heteroatoms. The number of benzene rings is 2. The topological polar surface area (TPSA) is 103 Å². The van der Waals surface area contributed by atoms with Gasteiger partial charge in [0.25, 0.3) is 5.91 Å². The molecule has 2 heterocycles. The summed E-state index contributed by atoms with van der Waals surface area (Å²) in [7, 11) is 0. The number of carbonyl (C=O) groups is 1. The summed E-state index contributed by atoms with van der Waals surface area (Å²) in [5, 5.41) is 10.3. The summed E-state index contributed by atoms with van der Waals surface area (Å²) in [5.74, 6) is -0.361. The van der Waals surface area contributed by atoms with Crippen LogP contribution in [0.15, 0.2) is 63.9 Å². The fourth-order valence-electron chi connectivity index (χ4n) is 3.22. The Balaban J connectivity index is 1.76. The van der Waals surface area contributed by atoms with Gasteiger partial charge in [-0.15, -0.1) is 0 Å². The smallest absolute Gasteiger partial charge is 0.339 e. The third-order valence-electron chi connectivity index (χ3n) is 4.70. The van der Waals surface area contributed by atoms with Gasteiger partial charge in [0.05, 0.1) is 16.9 Å². The normalized spacial score (nSPS) is 11.4. The van der Waals surface area contributed by atoms with Gasteiger partial charge in [0, 0.05) is 24.2 Å². The molecule has 1 N–H and O–H groups in total. The van der Waals surface area contributed by atoms with Gasteiger partial charge in [-0.3, -0.25) is 9.59 Å². The van der Waals surface area contributed by atoms with Crippen LogP contribution < -0.4 is 10.7 Å². The van der Waals surface area contributed by atoms with E-state index in [1.54, 1.807) is 31.2 Å². The molecule has 0 spiro atoms. The van der Waals surface area contributed by atoms with Crippen LogP contribution in [0, 0.1) is 13.8 Å². The van der Waals surface area contributed by atoms with Crippen molar-refractivity contribution in [2.75, 3.05) is 5.32 Å². The van der Waals surface area contributed by atoms with E-state index in [1.807, 2.05) is 0 Å². The Morgan fingerprint density at radius 2 is 1.76 bits per heavy atom. The molecule has 8 nitrogen and oxygen atoms in total. The average Bonchev–Trinajstić information content (AvgIpc) is 3.19. The summed E-state index contributed by atoms with van der Waals surface area (Å²) < 4.78 is 46.4. The zero-order valence-corrected chi connectivity index (χ0v) is 17.3. The Labute approximate surface area is 184 Å². The minimum absolute atomic E-state index is 0.135. The summed E-state index contributed by atoms with van der Waals surface area (Å²) in [6.45, 7) is 3.03. The first kappa shape index (κ1) is 21.9. The standard InChI is InChI=1S/C22H16F3N5O3/c1-12-11-18(31)19(28-30(12)17-10-6-4-8-15(17)22(23,24)25)21(32)27-16-9-5-3-7-14(16)20-26-13(2)33-29-20/h3-11H,1-2H3,(H,27,32). The van der Waals surface area contributed by atoms with Gasteiger partial charge in [-0.05, 0) is 31.2 Å². The van der Waals surface area contributed by atoms with Crippen molar-refractivity contribution in [2.24, 2.45) is 0 Å². The van der Waals surface area contributed by atoms with Gasteiger partial charge >= 0.3 is 6.18 Å². The number of anilines is 1. The zero-order valence-electron chi connectivity index (χ0n) is 17.3. The van der Waals surface area contributed by atoms with Crippen molar-refractivity contribution in [3.05, 3.63) is 87.7 Å². The maximum atomic E-state index is 13.5. The lowest BCUT2D eigenvalue weighted by Crippen LogP contribution is -2.27. The highest BCUT2D eigenvalue weighted by molar-refractivity contribution is 6.04. The van der Waals surface area contributed by atoms with Crippen molar-refractivity contribution in [1.29, 1.82) is 0 Å². The SMILES string of the molecule is Cc1nc(-c2ccccc2NC(=O)c2nn(-c3ccccc3C(F)(F)F)c(C)cc2=O)no1. The first-order valence-corrected chi connectivity index (χ1v) is 9.64. The minimum atomic E-state index is -4.65. The summed E-state index contributed by atoms with van der Waals surface area (Å²) in [6, 6.07) is 12.4. The Morgan fingerprint density at radius 1 is 1.06 bits per heavy atom. The highest BCUT2D eigenvalue weighted by atomic mass is 19.4. The molecule has 4 aromatic rings. The number of amides is 1. The Bertz CT molecular complexity index is 1410. The van der Waals surface area contributed by atoms with Crippen molar-refractivity contribution in [1.82, 2.24) is 19.9 Å². The number of hydrogen-bond acceptors (Lipinski definition) is 6. The summed E-state index contributed by atoms with van der Waals surface area (Å²) in [4.78, 5) is 29.5. The van der Waals surface area contributed by atoms with Gasteiger partial charge in [-0.1, -0.05) is 29.4 Å². The molecule has 0 aliphatic rings. The van der Waals surface area contributed by atoms with Crippen LogP contribution in [-0.4, -0.2) is 25.8 Å². The summed E-state index contributed by atoms with van der Waals surface area (Å²) >= 11 is 0. The number of alkyl halides is 3. The van der Waals surface area contributed by atoms with Gasteiger partial charge in [0.2, 0.25) is 17.1 Å². The Kier molecular flexibility index (Phi) is 5.54. The van der Waals surface area contributed by atoms with Crippen LogP contribution in [0.2, 0.25) is 0 Å². The lowest BCUT2D eigenvalue weighted by Gasteiger charge is -2.16. The number of para-hydroxylation sites is 2. The number of carbonyl (C=O) groups excluding carboxylic acids is 1. The lowest BCUT2D eigenvalue weighted by molar-refractivity contribution is -0.137. The third-order valence-corrected chi connectivity index (χ3v) is 4.70. The summed E-state index contributed by atoms with van der Waals surface area (Å²) in [6.07, 6.45) is -4.65. The van der Waals surface area contributed by atoms with Gasteiger partial charge in [-0.2, -0.15) is 23.3 Å². The van der Waals surface area contributed by atoms with Crippen LogP contribution in [0.3, 0.4) is 0 Å². The van der Waals surface area contributed by atoms with E-state index in [-0.39, 0.29) is 22.9 Å². The number of nitrogens with one attached hydrogen (secondary N) is 1. The van der Waals surface area contributed by atoms with Crippen molar-refractivity contribution in [3.63, 3.8) is 0 Å². The number of aryl methyl sites for hydroxylation is 2. The molecule has 0 fully saturated rings. The molecule has 1 amide bonds. The molecular formula is C22H16F3N5O3. The Hall–Kier alpha value is -4.28. The molecule has 4 rings (SSSR count). The van der Waals surface area contributed by atoms with Gasteiger partial charge in [0.15, 0.2) is 5.69 Å². The van der Waals surface area contributed by atoms with Crippen LogP contribution in [0.25, 0.3) is 17.1 Å². The maximum Gasteiger partial charge on any atom is 0.418 e. The second kappa shape index (κ2) is 8.34. The number of nitrogens with zero attached hydrogens (tertiary/aromatic N) is 4. The summed E-state index contributed by atoms with van der Waals surface area (Å²) in [5.41, 5.74) is -1.73. The molecule has 0 bridgehead atoms. The second-order valence-electron chi connectivity index (χ2n) is 7.06. The number of halogens is 3. The van der Waals surface area contributed by atoms with Crippen LogP contribution in [0.4, 0.5) is 18.9 Å². The van der Waals surface area contributed by atoms with Crippen molar-refractivity contribution >= 4 is 11.6 Å². The molecule has 0 atom stereocenters. The van der Waals surface area contributed by atoms with E-state index < -0.39 is 28.8 Å². The molecule has 0 aliphatic carbocycles. The number of aromatic nitrogens is 4. The highest BCUT2D eigenvalue weighted by Gasteiger charge is 2.34. The predicted molar refractivity (Wildman–Crippen MR) is 112 cm³/mol. The van der Waals surface area contributed by atoms with Gasteiger partial charge < -0.3 is 9.84 Å². The molecule has 168 valence electrons. The monoisotopic (exact) mass is 455 g/mol. The Morgan fingerprint density at radius 3 is 2.45 bits per heavy atom. The molecule has 0 saturated carbocycles. The molecule has 2 aromatic carbocycles. The lowest BCUT2D eigenvalue weighted by atomic mass is 10.1. The average molecular weight is 455 g/mol. The molecule has 33 heavy (non-hydrogen) atoms. The minimum Gasteiger partial charge on any atom is -0.339 e. The molecule has 0 saturated heterocycles. The largest absolute Gasteiger partial charge is 0.418 e. The molecule has 2 aromatic heterocycles. The van der Waals surface area contributed by atoms with Crippen LogP contribution in [0.1, 0.15) is 27.6 Å². The first-order valence-electron chi connectivity index (χ1n) is 9.64. The van der Waals surface area contributed by atoms with E-state index in [9.17, 15) is 22.8 Å². The van der Waals surface area contributed by atoms with Crippen molar-refractivity contribution in [3.8, 4) is 17.1 Å². The van der Waals surface area contributed by atoms with Crippen LogP contribution in [-0.2, 0) is 6.18 Å². The first-order chi connectivity index (χ1) is 15.6. The van der Waals surface area contributed by atoms with Crippen molar-refractivity contribution < 1.29 is 22.5 Å². The van der Waals surface area contributed by atoms with E-state index in [2.05, 4.69) is 20.6 Å². The van der Waals surface area contributed by atoms with E-state index in [0.717, 1.165) is 16.8 Å². The molecular weight excluding hydrogens is 439 g/mol. The van der Waals surface area contributed by atoms with Crippen LogP contribution in [0.5, 0.6) is 0 Å². The molecule has 0 unspecified atom stereocenters. The maximum absolute atomic E-state index is 13.5. The zero-order chi connectivity index (χ0) is 23.8.